The first-order valence-corrected chi connectivity index (χ1v) is 14.7. The third-order valence-electron chi connectivity index (χ3n) is 7.73. The zero-order chi connectivity index (χ0) is 24.6. The first-order valence-electron chi connectivity index (χ1n) is 14.7. The zero-order valence-corrected chi connectivity index (χ0v) is 24.1. The highest BCUT2D eigenvalue weighted by atomic mass is 15.2. The van der Waals surface area contributed by atoms with Crippen LogP contribution in [0.4, 0.5) is 0 Å². The molecule has 4 saturated heterocycles. The largest absolute Gasteiger partial charge is 0.301 e. The first-order chi connectivity index (χ1) is 15.7. The molecule has 4 nitrogen and oxygen atoms in total. The fourth-order valence-electron chi connectivity index (χ4n) is 4.98. The lowest BCUT2D eigenvalue weighted by Crippen LogP contribution is -2.41. The summed E-state index contributed by atoms with van der Waals surface area (Å²) in [7, 11) is 0. The summed E-state index contributed by atoms with van der Waals surface area (Å²) in [6.07, 6.45) is 12.8. The van der Waals surface area contributed by atoms with Crippen LogP contribution in [0.1, 0.15) is 113 Å². The molecule has 0 unspecified atom stereocenters. The van der Waals surface area contributed by atoms with E-state index < -0.39 is 0 Å². The van der Waals surface area contributed by atoms with Crippen molar-refractivity contribution in [2.45, 2.75) is 137 Å². The van der Waals surface area contributed by atoms with E-state index in [1.54, 1.807) is 0 Å². The van der Waals surface area contributed by atoms with Crippen LogP contribution >= 0.6 is 0 Å². The molecular formula is C29H62N4. The molecule has 0 radical (unpaired) electrons. The summed E-state index contributed by atoms with van der Waals surface area (Å²) in [5.41, 5.74) is 0. The Kier molecular flexibility index (Phi) is 17.0. The SMILES string of the molecule is CC(C)N1CCC1.CC(C)N1CCCC1.CC(C)N1CCCCC1.CC(C)N1CCCCC1. The fourth-order valence-corrected chi connectivity index (χ4v) is 4.98. The van der Waals surface area contributed by atoms with Gasteiger partial charge in [0.1, 0.15) is 0 Å². The number of likely N-dealkylation sites (tertiary alicyclic amines) is 4. The van der Waals surface area contributed by atoms with Crippen LogP contribution in [0.3, 0.4) is 0 Å². The molecule has 4 heteroatoms. The van der Waals surface area contributed by atoms with Gasteiger partial charge in [0.2, 0.25) is 0 Å². The highest BCUT2D eigenvalue weighted by Crippen LogP contribution is 2.12. The van der Waals surface area contributed by atoms with Gasteiger partial charge in [-0.25, -0.2) is 0 Å². The number of piperidine rings is 2. The maximum atomic E-state index is 2.56. The lowest BCUT2D eigenvalue weighted by Gasteiger charge is -2.34. The molecule has 4 aliphatic heterocycles. The summed E-state index contributed by atoms with van der Waals surface area (Å²) in [6, 6.07) is 3.10. The molecule has 4 heterocycles. The molecule has 0 amide bonds. The minimum absolute atomic E-state index is 0.769. The first kappa shape index (κ1) is 30.9. The van der Waals surface area contributed by atoms with Crippen LogP contribution in [0.5, 0.6) is 0 Å². The Morgan fingerprint density at radius 1 is 0.273 bits per heavy atom. The predicted octanol–water partition coefficient (Wildman–Crippen LogP) is 6.35. The molecule has 0 atom stereocenters. The van der Waals surface area contributed by atoms with E-state index in [4.69, 9.17) is 0 Å². The minimum Gasteiger partial charge on any atom is -0.301 e. The zero-order valence-electron chi connectivity index (χ0n) is 24.1. The minimum atomic E-state index is 0.769. The van der Waals surface area contributed by atoms with Gasteiger partial charge < -0.3 is 19.6 Å². The van der Waals surface area contributed by atoms with Crippen molar-refractivity contribution in [3.8, 4) is 0 Å². The number of rotatable bonds is 4. The van der Waals surface area contributed by atoms with Gasteiger partial charge in [0.25, 0.3) is 0 Å². The number of hydrogen-bond donors (Lipinski definition) is 0. The van der Waals surface area contributed by atoms with Gasteiger partial charge in [0.05, 0.1) is 0 Å². The summed E-state index contributed by atoms with van der Waals surface area (Å²) < 4.78 is 0. The molecule has 0 aromatic carbocycles. The van der Waals surface area contributed by atoms with Gasteiger partial charge in [-0.3, -0.25) is 0 Å². The normalized spacial score (nSPS) is 22.9. The summed E-state index contributed by atoms with van der Waals surface area (Å²) in [5.74, 6) is 0. The van der Waals surface area contributed by atoms with Crippen molar-refractivity contribution in [2.75, 3.05) is 52.4 Å². The molecule has 0 saturated carbocycles. The van der Waals surface area contributed by atoms with Crippen molar-refractivity contribution in [2.24, 2.45) is 0 Å². The van der Waals surface area contributed by atoms with Crippen molar-refractivity contribution >= 4 is 0 Å². The van der Waals surface area contributed by atoms with Crippen molar-refractivity contribution in [1.29, 1.82) is 0 Å². The van der Waals surface area contributed by atoms with Crippen molar-refractivity contribution in [1.82, 2.24) is 19.6 Å². The maximum Gasteiger partial charge on any atom is 0.00386 e. The Labute approximate surface area is 209 Å². The van der Waals surface area contributed by atoms with Crippen LogP contribution in [-0.2, 0) is 0 Å². The van der Waals surface area contributed by atoms with Gasteiger partial charge in [-0.15, -0.1) is 0 Å². The average Bonchev–Trinajstić information content (AvgIpc) is 3.30. The third-order valence-corrected chi connectivity index (χ3v) is 7.73. The molecule has 0 N–H and O–H groups in total. The topological polar surface area (TPSA) is 13.0 Å². The Bertz CT molecular complexity index is 405. The van der Waals surface area contributed by atoms with E-state index in [-0.39, 0.29) is 0 Å². The van der Waals surface area contributed by atoms with Crippen LogP contribution in [0.2, 0.25) is 0 Å². The Morgan fingerprint density at radius 3 is 0.576 bits per heavy atom. The van der Waals surface area contributed by atoms with E-state index in [2.05, 4.69) is 75.0 Å². The Morgan fingerprint density at radius 2 is 0.455 bits per heavy atom. The number of hydrogen-bond acceptors (Lipinski definition) is 4. The van der Waals surface area contributed by atoms with Crippen molar-refractivity contribution in [3.63, 3.8) is 0 Å². The van der Waals surface area contributed by atoms with Crippen LogP contribution < -0.4 is 0 Å². The highest BCUT2D eigenvalue weighted by molar-refractivity contribution is 4.71. The van der Waals surface area contributed by atoms with Gasteiger partial charge in [-0.1, -0.05) is 12.8 Å². The second kappa shape index (κ2) is 18.2. The van der Waals surface area contributed by atoms with Gasteiger partial charge in [-0.2, -0.15) is 0 Å². The van der Waals surface area contributed by atoms with E-state index in [9.17, 15) is 0 Å². The quantitative estimate of drug-likeness (QED) is 0.478. The van der Waals surface area contributed by atoms with Crippen LogP contribution in [-0.4, -0.2) is 96.1 Å². The summed E-state index contributed by atoms with van der Waals surface area (Å²) in [5, 5.41) is 0. The molecule has 0 spiro atoms. The predicted molar refractivity (Wildman–Crippen MR) is 148 cm³/mol. The molecule has 4 fully saturated rings. The average molecular weight is 467 g/mol. The fraction of sp³-hybridized carbons (Fsp3) is 1.00. The third kappa shape index (κ3) is 14.1. The molecular weight excluding hydrogens is 404 g/mol. The summed E-state index contributed by atoms with van der Waals surface area (Å²) in [6.45, 7) is 28.8. The summed E-state index contributed by atoms with van der Waals surface area (Å²) >= 11 is 0. The van der Waals surface area contributed by atoms with Gasteiger partial charge >= 0.3 is 0 Å². The number of nitrogens with zero attached hydrogens (tertiary/aromatic N) is 4. The van der Waals surface area contributed by atoms with E-state index in [1.807, 2.05) is 0 Å². The van der Waals surface area contributed by atoms with E-state index in [0.29, 0.717) is 0 Å². The molecule has 0 aromatic heterocycles. The van der Waals surface area contributed by atoms with Crippen LogP contribution in [0, 0.1) is 0 Å². The Hall–Kier alpha value is -0.160. The van der Waals surface area contributed by atoms with Gasteiger partial charge in [0, 0.05) is 24.2 Å². The molecule has 0 bridgehead atoms. The highest BCUT2D eigenvalue weighted by Gasteiger charge is 2.16. The lowest BCUT2D eigenvalue weighted by molar-refractivity contribution is 0.138. The lowest BCUT2D eigenvalue weighted by atomic mass is 10.1. The van der Waals surface area contributed by atoms with Crippen LogP contribution in [0.15, 0.2) is 0 Å². The van der Waals surface area contributed by atoms with E-state index in [1.165, 1.54) is 110 Å². The second-order valence-electron chi connectivity index (χ2n) is 11.7. The smallest absolute Gasteiger partial charge is 0.00386 e. The van der Waals surface area contributed by atoms with Gasteiger partial charge in [0.15, 0.2) is 0 Å². The van der Waals surface area contributed by atoms with Gasteiger partial charge in [-0.05, 0) is 153 Å². The van der Waals surface area contributed by atoms with E-state index in [0.717, 1.165) is 24.2 Å². The molecule has 0 aliphatic carbocycles. The second-order valence-corrected chi connectivity index (χ2v) is 11.7. The van der Waals surface area contributed by atoms with E-state index >= 15 is 0 Å². The molecule has 198 valence electrons. The van der Waals surface area contributed by atoms with Crippen LogP contribution in [0.25, 0.3) is 0 Å². The van der Waals surface area contributed by atoms with Crippen molar-refractivity contribution in [3.05, 3.63) is 0 Å². The maximum absolute atomic E-state index is 2.56. The molecule has 4 rings (SSSR count). The molecule has 33 heavy (non-hydrogen) atoms. The van der Waals surface area contributed by atoms with Crippen molar-refractivity contribution < 1.29 is 0 Å². The molecule has 0 aromatic rings. The molecule has 4 aliphatic rings. The Balaban J connectivity index is 0.000000221. The monoisotopic (exact) mass is 466 g/mol. The standard InChI is InChI=1S/2C8H17N.C7H15N.C6H13N/c2*1-8(2)9-6-4-3-5-7-9;1-7(2)8-5-3-4-6-8;1-6(2)7-4-3-5-7/h2*8H,3-7H2,1-2H3;7H,3-6H2,1-2H3;6H,3-5H2,1-2H3. The summed E-state index contributed by atoms with van der Waals surface area (Å²) in [4.78, 5) is 10.1.